The van der Waals surface area contributed by atoms with Gasteiger partial charge in [-0.05, 0) is 80.7 Å². The summed E-state index contributed by atoms with van der Waals surface area (Å²) in [6, 6.07) is 54.5. The largest absolute Gasteiger partial charge is 0.455 e. The summed E-state index contributed by atoms with van der Waals surface area (Å²) in [6.45, 7) is 0. The zero-order chi connectivity index (χ0) is 33.7. The van der Waals surface area contributed by atoms with Gasteiger partial charge in [0.05, 0.1) is 5.56 Å². The zero-order valence-electron chi connectivity index (χ0n) is 27.4. The highest BCUT2D eigenvalue weighted by Crippen LogP contribution is 2.40. The first-order valence-corrected chi connectivity index (χ1v) is 17.0. The Hall–Kier alpha value is -6.98. The molecule has 0 radical (unpaired) electrons. The first-order chi connectivity index (χ1) is 25.3. The summed E-state index contributed by atoms with van der Waals surface area (Å²) >= 11 is 0. The Morgan fingerprint density at radius 2 is 1.02 bits per heavy atom. The van der Waals surface area contributed by atoms with E-state index in [9.17, 15) is 0 Å². The second-order valence-electron chi connectivity index (χ2n) is 12.7. The Bertz CT molecular complexity index is 2920. The predicted molar refractivity (Wildman–Crippen MR) is 207 cm³/mol. The standard InChI is InChI=1S/C46H28N4O/c1-2-12-29(13-3-1)44-48-45(50-46(49-44)40-21-10-20-39-38-19-8-9-22-42(38)51-43(39)40)34-25-32(31-15-11-23-47-28-31)24-33(26-34)41-27-30-14-4-5-16-35(30)36-17-6-7-18-37(36)41/h1-28H. The summed E-state index contributed by atoms with van der Waals surface area (Å²) in [5, 5.41) is 6.90. The predicted octanol–water partition coefficient (Wildman–Crippen LogP) is 11.8. The number of fused-ring (bicyclic) bond motifs is 6. The summed E-state index contributed by atoms with van der Waals surface area (Å²) in [5.41, 5.74) is 8.41. The van der Waals surface area contributed by atoms with E-state index in [0.29, 0.717) is 17.5 Å². The molecular formula is C46H28N4O. The number of aromatic nitrogens is 4. The molecule has 7 aromatic carbocycles. The molecule has 0 aliphatic heterocycles. The topological polar surface area (TPSA) is 64.7 Å². The molecule has 0 aliphatic carbocycles. The Labute approximate surface area is 293 Å². The molecule has 0 atom stereocenters. The molecule has 238 valence electrons. The highest BCUT2D eigenvalue weighted by Gasteiger charge is 2.19. The SMILES string of the molecule is c1ccc(-c2nc(-c3cc(-c4cccnc4)cc(-c4cc5ccccc5c5ccccc45)c3)nc(-c3cccc4c3oc3ccccc34)n2)cc1. The van der Waals surface area contributed by atoms with Crippen molar-refractivity contribution in [1.29, 1.82) is 0 Å². The van der Waals surface area contributed by atoms with Crippen LogP contribution in [-0.2, 0) is 0 Å². The highest BCUT2D eigenvalue weighted by molar-refractivity contribution is 6.14. The van der Waals surface area contributed by atoms with E-state index in [4.69, 9.17) is 19.4 Å². The average Bonchev–Trinajstić information content (AvgIpc) is 3.60. The molecule has 5 nitrogen and oxygen atoms in total. The number of hydrogen-bond donors (Lipinski definition) is 0. The fourth-order valence-electron chi connectivity index (χ4n) is 7.17. The van der Waals surface area contributed by atoms with E-state index < -0.39 is 0 Å². The van der Waals surface area contributed by atoms with E-state index in [1.54, 1.807) is 6.20 Å². The lowest BCUT2D eigenvalue weighted by Gasteiger charge is -2.15. The second-order valence-corrected chi connectivity index (χ2v) is 12.7. The number of para-hydroxylation sites is 2. The van der Waals surface area contributed by atoms with Gasteiger partial charge < -0.3 is 4.42 Å². The minimum Gasteiger partial charge on any atom is -0.455 e. The smallest absolute Gasteiger partial charge is 0.167 e. The van der Waals surface area contributed by atoms with Crippen molar-refractivity contribution in [3.05, 3.63) is 170 Å². The van der Waals surface area contributed by atoms with Gasteiger partial charge in [0.2, 0.25) is 0 Å². The van der Waals surface area contributed by atoms with E-state index in [2.05, 4.69) is 96.0 Å². The van der Waals surface area contributed by atoms with Gasteiger partial charge in [0.15, 0.2) is 17.5 Å². The van der Waals surface area contributed by atoms with Crippen molar-refractivity contribution in [2.75, 3.05) is 0 Å². The Morgan fingerprint density at radius 3 is 1.86 bits per heavy atom. The van der Waals surface area contributed by atoms with Crippen molar-refractivity contribution in [3.63, 3.8) is 0 Å². The normalized spacial score (nSPS) is 11.5. The molecule has 0 bridgehead atoms. The van der Waals surface area contributed by atoms with Crippen LogP contribution in [0.1, 0.15) is 0 Å². The maximum absolute atomic E-state index is 6.45. The second kappa shape index (κ2) is 11.9. The van der Waals surface area contributed by atoms with Gasteiger partial charge in [-0.2, -0.15) is 0 Å². The minimum absolute atomic E-state index is 0.549. The van der Waals surface area contributed by atoms with Gasteiger partial charge in [0.1, 0.15) is 11.2 Å². The van der Waals surface area contributed by atoms with Gasteiger partial charge in [-0.1, -0.05) is 115 Å². The van der Waals surface area contributed by atoms with Gasteiger partial charge in [-0.3, -0.25) is 4.98 Å². The van der Waals surface area contributed by atoms with Crippen LogP contribution in [0, 0.1) is 0 Å². The van der Waals surface area contributed by atoms with Crippen molar-refractivity contribution in [2.24, 2.45) is 0 Å². The molecule has 10 aromatic rings. The van der Waals surface area contributed by atoms with Crippen LogP contribution in [-0.4, -0.2) is 19.9 Å². The van der Waals surface area contributed by atoms with E-state index in [1.165, 1.54) is 21.5 Å². The van der Waals surface area contributed by atoms with Crippen LogP contribution in [0.15, 0.2) is 175 Å². The monoisotopic (exact) mass is 652 g/mol. The molecule has 51 heavy (non-hydrogen) atoms. The number of rotatable bonds is 5. The van der Waals surface area contributed by atoms with E-state index >= 15 is 0 Å². The Morgan fingerprint density at radius 1 is 0.373 bits per heavy atom. The van der Waals surface area contributed by atoms with Crippen LogP contribution < -0.4 is 0 Å². The van der Waals surface area contributed by atoms with Gasteiger partial charge in [0, 0.05) is 39.9 Å². The molecule has 0 N–H and O–H groups in total. The molecule has 3 aromatic heterocycles. The molecule has 0 aliphatic rings. The molecule has 0 amide bonds. The lowest BCUT2D eigenvalue weighted by molar-refractivity contribution is 0.669. The molecular weight excluding hydrogens is 625 g/mol. The molecule has 0 saturated carbocycles. The van der Waals surface area contributed by atoms with Gasteiger partial charge in [0.25, 0.3) is 0 Å². The van der Waals surface area contributed by atoms with Crippen LogP contribution >= 0.6 is 0 Å². The Kier molecular flexibility index (Phi) is 6.74. The molecule has 10 rings (SSSR count). The average molecular weight is 653 g/mol. The van der Waals surface area contributed by atoms with Crippen LogP contribution in [0.5, 0.6) is 0 Å². The summed E-state index contributed by atoms with van der Waals surface area (Å²) < 4.78 is 6.45. The summed E-state index contributed by atoms with van der Waals surface area (Å²) in [6.07, 6.45) is 3.70. The van der Waals surface area contributed by atoms with Crippen molar-refractivity contribution in [2.45, 2.75) is 0 Å². The van der Waals surface area contributed by atoms with Crippen LogP contribution in [0.4, 0.5) is 0 Å². The molecule has 0 spiro atoms. The fourth-order valence-corrected chi connectivity index (χ4v) is 7.17. The first-order valence-electron chi connectivity index (χ1n) is 17.0. The molecule has 0 unspecified atom stereocenters. The van der Waals surface area contributed by atoms with Gasteiger partial charge in [-0.15, -0.1) is 0 Å². The van der Waals surface area contributed by atoms with Crippen molar-refractivity contribution < 1.29 is 4.42 Å². The van der Waals surface area contributed by atoms with E-state index in [1.807, 2.05) is 72.9 Å². The lowest BCUT2D eigenvalue weighted by Crippen LogP contribution is -2.01. The van der Waals surface area contributed by atoms with Crippen molar-refractivity contribution in [1.82, 2.24) is 19.9 Å². The molecule has 3 heterocycles. The third-order valence-electron chi connectivity index (χ3n) is 9.58. The van der Waals surface area contributed by atoms with Crippen LogP contribution in [0.3, 0.4) is 0 Å². The number of hydrogen-bond acceptors (Lipinski definition) is 5. The third-order valence-corrected chi connectivity index (χ3v) is 9.58. The third kappa shape index (κ3) is 5.03. The minimum atomic E-state index is 0.549. The number of furan rings is 1. The van der Waals surface area contributed by atoms with Crippen molar-refractivity contribution >= 4 is 43.5 Å². The first kappa shape index (κ1) is 29.0. The number of pyridine rings is 1. The van der Waals surface area contributed by atoms with Crippen LogP contribution in [0.25, 0.3) is 99.9 Å². The van der Waals surface area contributed by atoms with E-state index in [-0.39, 0.29) is 0 Å². The zero-order valence-corrected chi connectivity index (χ0v) is 27.4. The number of nitrogens with zero attached hydrogens (tertiary/aromatic N) is 4. The number of benzene rings is 7. The highest BCUT2D eigenvalue weighted by atomic mass is 16.3. The Balaban J connectivity index is 1.25. The van der Waals surface area contributed by atoms with Crippen LogP contribution in [0.2, 0.25) is 0 Å². The van der Waals surface area contributed by atoms with Gasteiger partial charge >= 0.3 is 0 Å². The molecule has 0 fully saturated rings. The maximum Gasteiger partial charge on any atom is 0.167 e. The van der Waals surface area contributed by atoms with Crippen molar-refractivity contribution in [3.8, 4) is 56.4 Å². The lowest BCUT2D eigenvalue weighted by atomic mass is 9.90. The molecule has 5 heteroatoms. The van der Waals surface area contributed by atoms with E-state index in [0.717, 1.165) is 60.9 Å². The fraction of sp³-hybridized carbons (Fsp3) is 0. The maximum atomic E-state index is 6.45. The molecule has 0 saturated heterocycles. The summed E-state index contributed by atoms with van der Waals surface area (Å²) in [7, 11) is 0. The summed E-state index contributed by atoms with van der Waals surface area (Å²) in [5.74, 6) is 1.71. The summed E-state index contributed by atoms with van der Waals surface area (Å²) in [4.78, 5) is 19.9. The quantitative estimate of drug-likeness (QED) is 0.173. The van der Waals surface area contributed by atoms with Gasteiger partial charge in [-0.25, -0.2) is 15.0 Å².